The van der Waals surface area contributed by atoms with E-state index in [1.54, 1.807) is 11.3 Å². The Balaban J connectivity index is 1.66. The van der Waals surface area contributed by atoms with Crippen LogP contribution in [-0.2, 0) is 16.1 Å². The smallest absolute Gasteiger partial charge is 0.414 e. The molecule has 0 spiro atoms. The number of alkyl carbamates (subject to hydrolysis) is 1. The molecule has 1 aromatic carbocycles. The minimum Gasteiger partial charge on any atom is -0.444 e. The number of anilines is 1. The third kappa shape index (κ3) is 4.68. The van der Waals surface area contributed by atoms with Gasteiger partial charge in [0.15, 0.2) is 11.1 Å². The minimum atomic E-state index is -0.745. The fourth-order valence-corrected chi connectivity index (χ4v) is 3.37. The molecule has 0 unspecified atom stereocenters. The number of guanidine groups is 1. The third-order valence-electron chi connectivity index (χ3n) is 3.59. The predicted octanol–water partition coefficient (Wildman–Crippen LogP) is 1.77. The molecule has 1 amide bonds. The van der Waals surface area contributed by atoms with Gasteiger partial charge in [0.2, 0.25) is 0 Å². The first kappa shape index (κ1) is 17.2. The number of nitrogens with two attached hydrogens (primary N) is 1. The summed E-state index contributed by atoms with van der Waals surface area (Å²) in [4.78, 5) is 19.2. The topological polar surface area (TPSA) is 114 Å². The summed E-state index contributed by atoms with van der Waals surface area (Å²) in [6, 6.07) is 7.73. The van der Waals surface area contributed by atoms with Crippen LogP contribution in [0.5, 0.6) is 0 Å². The van der Waals surface area contributed by atoms with Crippen molar-refractivity contribution in [3.8, 4) is 10.4 Å². The van der Waals surface area contributed by atoms with E-state index in [2.05, 4.69) is 15.2 Å². The van der Waals surface area contributed by atoms with Crippen LogP contribution in [0.25, 0.3) is 10.4 Å². The first-order chi connectivity index (χ1) is 12.1. The molecule has 3 rings (SSSR count). The van der Waals surface area contributed by atoms with Gasteiger partial charge in [-0.15, -0.1) is 0 Å². The van der Waals surface area contributed by atoms with Gasteiger partial charge < -0.3 is 20.1 Å². The van der Waals surface area contributed by atoms with Crippen molar-refractivity contribution >= 4 is 28.5 Å². The van der Waals surface area contributed by atoms with Gasteiger partial charge in [-0.1, -0.05) is 29.5 Å². The largest absolute Gasteiger partial charge is 0.444 e. The first-order valence-corrected chi connectivity index (χ1v) is 8.59. The zero-order chi connectivity index (χ0) is 17.6. The average Bonchev–Trinajstić information content (AvgIpc) is 3.11. The van der Waals surface area contributed by atoms with Crippen LogP contribution in [0.15, 0.2) is 30.5 Å². The van der Waals surface area contributed by atoms with Crippen molar-refractivity contribution < 1.29 is 14.3 Å². The van der Waals surface area contributed by atoms with Crippen LogP contribution in [-0.4, -0.2) is 43.3 Å². The highest BCUT2D eigenvalue weighted by molar-refractivity contribution is 7.18. The lowest BCUT2D eigenvalue weighted by atomic mass is 10.1. The molecule has 25 heavy (non-hydrogen) atoms. The van der Waals surface area contributed by atoms with E-state index in [-0.39, 0.29) is 6.61 Å². The highest BCUT2D eigenvalue weighted by Gasteiger charge is 2.15. The maximum Gasteiger partial charge on any atom is 0.414 e. The molecule has 1 aromatic heterocycles. The minimum absolute atomic E-state index is 0.0993. The number of benzene rings is 1. The van der Waals surface area contributed by atoms with Crippen LogP contribution < -0.4 is 16.0 Å². The van der Waals surface area contributed by atoms with Gasteiger partial charge >= 0.3 is 6.09 Å². The Morgan fingerprint density at radius 2 is 2.24 bits per heavy atom. The number of hydrogen-bond acceptors (Lipinski definition) is 7. The molecule has 0 saturated carbocycles. The van der Waals surface area contributed by atoms with Gasteiger partial charge in [0, 0.05) is 19.3 Å². The number of rotatable bonds is 4. The van der Waals surface area contributed by atoms with E-state index in [1.807, 2.05) is 30.5 Å². The van der Waals surface area contributed by atoms with Crippen molar-refractivity contribution in [1.82, 2.24) is 10.3 Å². The van der Waals surface area contributed by atoms with Crippen LogP contribution in [0.4, 0.5) is 9.93 Å². The number of morpholine rings is 1. The Labute approximate surface area is 149 Å². The molecule has 2 aromatic rings. The Hall–Kier alpha value is -2.65. The number of amides is 1. The average molecular weight is 361 g/mol. The van der Waals surface area contributed by atoms with E-state index in [0.29, 0.717) is 0 Å². The van der Waals surface area contributed by atoms with E-state index in [1.165, 1.54) is 0 Å². The summed E-state index contributed by atoms with van der Waals surface area (Å²) in [5, 5.41) is 10.1. The lowest BCUT2D eigenvalue weighted by molar-refractivity contribution is 0.122. The maximum absolute atomic E-state index is 11.4. The lowest BCUT2D eigenvalue weighted by Gasteiger charge is -2.25. The quantitative estimate of drug-likeness (QED) is 0.565. The summed E-state index contributed by atoms with van der Waals surface area (Å²) in [5.74, 6) is -0.445. The van der Waals surface area contributed by atoms with E-state index in [4.69, 9.17) is 20.6 Å². The van der Waals surface area contributed by atoms with Crippen molar-refractivity contribution in [2.24, 2.45) is 5.73 Å². The number of nitrogens with zero attached hydrogens (tertiary/aromatic N) is 2. The predicted molar refractivity (Wildman–Crippen MR) is 95.8 cm³/mol. The van der Waals surface area contributed by atoms with E-state index >= 15 is 0 Å². The highest BCUT2D eigenvalue weighted by Crippen LogP contribution is 2.31. The van der Waals surface area contributed by atoms with Gasteiger partial charge in [0.25, 0.3) is 0 Å². The van der Waals surface area contributed by atoms with Gasteiger partial charge in [-0.05, 0) is 17.2 Å². The normalized spacial score (nSPS) is 14.2. The van der Waals surface area contributed by atoms with Crippen molar-refractivity contribution in [1.29, 1.82) is 5.41 Å². The Bertz CT molecular complexity index is 758. The second-order valence-electron chi connectivity index (χ2n) is 5.42. The van der Waals surface area contributed by atoms with Gasteiger partial charge in [0.05, 0.1) is 18.1 Å². The molecule has 1 aliphatic rings. The Kier molecular flexibility index (Phi) is 5.46. The first-order valence-electron chi connectivity index (χ1n) is 7.77. The molecular weight excluding hydrogens is 342 g/mol. The monoisotopic (exact) mass is 361 g/mol. The summed E-state index contributed by atoms with van der Waals surface area (Å²) in [6.07, 6.45) is 1.11. The zero-order valence-electron chi connectivity index (χ0n) is 13.5. The number of aromatic nitrogens is 1. The molecule has 2 heterocycles. The molecule has 0 aliphatic carbocycles. The summed E-state index contributed by atoms with van der Waals surface area (Å²) in [7, 11) is 0. The van der Waals surface area contributed by atoms with Gasteiger partial charge in [0.1, 0.15) is 6.61 Å². The SMILES string of the molecule is N=C(N)NC(=O)OCc1cccc(-c2cnc(N3CCOCC3)s2)c1. The molecule has 1 fully saturated rings. The van der Waals surface area contributed by atoms with E-state index in [0.717, 1.165) is 47.4 Å². The van der Waals surface area contributed by atoms with Crippen LogP contribution in [0.1, 0.15) is 5.56 Å². The molecule has 8 nitrogen and oxygen atoms in total. The number of carbonyl (C=O) groups excluding carboxylic acids is 1. The number of hydrogen-bond donors (Lipinski definition) is 3. The summed E-state index contributed by atoms with van der Waals surface area (Å²) in [5.41, 5.74) is 6.94. The van der Waals surface area contributed by atoms with Crippen LogP contribution >= 0.6 is 11.3 Å². The van der Waals surface area contributed by atoms with E-state index in [9.17, 15) is 4.79 Å². The van der Waals surface area contributed by atoms with Crippen LogP contribution in [0.2, 0.25) is 0 Å². The third-order valence-corrected chi connectivity index (χ3v) is 4.70. The standard InChI is InChI=1S/C16H19N5O3S/c17-14(18)20-16(22)24-10-11-2-1-3-12(8-11)13-9-19-15(25-13)21-4-6-23-7-5-21/h1-3,8-9H,4-7,10H2,(H4,17,18,20,22). The number of nitrogens with one attached hydrogen (secondary N) is 2. The second-order valence-corrected chi connectivity index (χ2v) is 6.43. The fraction of sp³-hybridized carbons (Fsp3) is 0.312. The lowest BCUT2D eigenvalue weighted by Crippen LogP contribution is -2.36. The van der Waals surface area contributed by atoms with Crippen molar-refractivity contribution in [3.63, 3.8) is 0 Å². The highest BCUT2D eigenvalue weighted by atomic mass is 32.1. The fourth-order valence-electron chi connectivity index (χ4n) is 2.41. The zero-order valence-corrected chi connectivity index (χ0v) is 14.3. The Morgan fingerprint density at radius 3 is 3.00 bits per heavy atom. The molecule has 0 radical (unpaired) electrons. The van der Waals surface area contributed by atoms with Crippen LogP contribution in [0.3, 0.4) is 0 Å². The summed E-state index contributed by atoms with van der Waals surface area (Å²) < 4.78 is 10.4. The second kappa shape index (κ2) is 7.95. The molecule has 1 aliphatic heterocycles. The Morgan fingerprint density at radius 1 is 1.44 bits per heavy atom. The molecule has 0 atom stereocenters. The molecule has 1 saturated heterocycles. The van der Waals surface area contributed by atoms with Gasteiger partial charge in [-0.25, -0.2) is 9.78 Å². The number of ether oxygens (including phenoxy) is 2. The van der Waals surface area contributed by atoms with Gasteiger partial charge in [-0.2, -0.15) is 0 Å². The van der Waals surface area contributed by atoms with Crippen molar-refractivity contribution in [2.45, 2.75) is 6.61 Å². The van der Waals surface area contributed by atoms with Crippen molar-refractivity contribution in [2.75, 3.05) is 31.2 Å². The van der Waals surface area contributed by atoms with Crippen molar-refractivity contribution in [3.05, 3.63) is 36.0 Å². The number of thiazole rings is 1. The molecule has 0 bridgehead atoms. The maximum atomic E-state index is 11.4. The van der Waals surface area contributed by atoms with E-state index < -0.39 is 12.1 Å². The summed E-state index contributed by atoms with van der Waals surface area (Å²) >= 11 is 1.63. The number of carbonyl (C=O) groups is 1. The molecule has 4 N–H and O–H groups in total. The summed E-state index contributed by atoms with van der Waals surface area (Å²) in [6.45, 7) is 3.26. The molecule has 9 heteroatoms. The van der Waals surface area contributed by atoms with Gasteiger partial charge in [-0.3, -0.25) is 10.7 Å². The van der Waals surface area contributed by atoms with Crippen LogP contribution in [0, 0.1) is 5.41 Å². The molecule has 132 valence electrons. The molecular formula is C16H19N5O3S.